The lowest BCUT2D eigenvalue weighted by atomic mass is 9.69. The lowest BCUT2D eigenvalue weighted by Gasteiger charge is -2.47. The summed E-state index contributed by atoms with van der Waals surface area (Å²) in [6, 6.07) is 7.44. The molecule has 0 unspecified atom stereocenters. The maximum atomic E-state index is 13.4. The van der Waals surface area contributed by atoms with Gasteiger partial charge in [-0.15, -0.1) is 0 Å². The summed E-state index contributed by atoms with van der Waals surface area (Å²) >= 11 is 0. The van der Waals surface area contributed by atoms with Crippen molar-refractivity contribution in [1.82, 2.24) is 4.90 Å². The largest absolute Gasteiger partial charge is 0.454 e. The first kappa shape index (κ1) is 15.6. The Kier molecular flexibility index (Phi) is 4.04. The number of rotatable bonds is 1. The molecule has 2 fully saturated rings. The summed E-state index contributed by atoms with van der Waals surface area (Å²) in [7, 11) is 0. The van der Waals surface area contributed by atoms with Gasteiger partial charge in [0.15, 0.2) is 0 Å². The highest BCUT2D eigenvalue weighted by Crippen LogP contribution is 2.48. The van der Waals surface area contributed by atoms with Gasteiger partial charge in [0, 0.05) is 13.1 Å². The van der Waals surface area contributed by atoms with Crippen LogP contribution in [-0.2, 0) is 14.3 Å². The van der Waals surface area contributed by atoms with Crippen molar-refractivity contribution in [2.24, 2.45) is 0 Å². The van der Waals surface area contributed by atoms with E-state index < -0.39 is 5.60 Å². The smallest absolute Gasteiger partial charge is 0.339 e. The van der Waals surface area contributed by atoms with Crippen molar-refractivity contribution in [3.8, 4) is 0 Å². The lowest BCUT2D eigenvalue weighted by Crippen LogP contribution is -2.54. The van der Waals surface area contributed by atoms with Crippen LogP contribution in [0, 0.1) is 0 Å². The Morgan fingerprint density at radius 2 is 1.79 bits per heavy atom. The quantitative estimate of drug-likeness (QED) is 0.743. The van der Waals surface area contributed by atoms with Crippen LogP contribution in [-0.4, -0.2) is 48.7 Å². The first-order chi connectivity index (χ1) is 11.7. The number of ether oxygens (including phenoxy) is 2. The normalized spacial score (nSPS) is 25.9. The molecule has 24 heavy (non-hydrogen) atoms. The van der Waals surface area contributed by atoms with E-state index in [-0.39, 0.29) is 17.8 Å². The third-order valence-electron chi connectivity index (χ3n) is 5.58. The summed E-state index contributed by atoms with van der Waals surface area (Å²) in [6.45, 7) is 2.38. The van der Waals surface area contributed by atoms with Gasteiger partial charge >= 0.3 is 5.97 Å². The number of fused-ring (bicyclic) bond motifs is 1. The van der Waals surface area contributed by atoms with Gasteiger partial charge in [-0.05, 0) is 37.3 Å². The van der Waals surface area contributed by atoms with Crippen molar-refractivity contribution in [2.75, 3.05) is 26.3 Å². The molecule has 0 bridgehead atoms. The van der Waals surface area contributed by atoms with Crippen molar-refractivity contribution < 1.29 is 19.1 Å². The third kappa shape index (κ3) is 2.51. The molecule has 1 atom stereocenters. The number of carbonyl (C=O) groups is 2. The fourth-order valence-electron chi connectivity index (χ4n) is 4.38. The number of amides is 1. The Bertz CT molecular complexity index is 645. The van der Waals surface area contributed by atoms with Gasteiger partial charge in [0.05, 0.1) is 18.8 Å². The number of morpholine rings is 1. The highest BCUT2D eigenvalue weighted by atomic mass is 16.6. The van der Waals surface area contributed by atoms with Crippen molar-refractivity contribution in [3.05, 3.63) is 35.4 Å². The van der Waals surface area contributed by atoms with Crippen molar-refractivity contribution in [3.63, 3.8) is 0 Å². The Labute approximate surface area is 141 Å². The van der Waals surface area contributed by atoms with E-state index in [0.29, 0.717) is 31.9 Å². The molecule has 1 spiro atoms. The molecule has 4 rings (SSSR count). The predicted molar refractivity (Wildman–Crippen MR) is 87.8 cm³/mol. The average Bonchev–Trinajstić information content (AvgIpc) is 2.63. The maximum Gasteiger partial charge on any atom is 0.339 e. The second-order valence-electron chi connectivity index (χ2n) is 6.97. The van der Waals surface area contributed by atoms with Gasteiger partial charge < -0.3 is 14.4 Å². The van der Waals surface area contributed by atoms with Crippen LogP contribution in [0.25, 0.3) is 0 Å². The molecule has 1 saturated heterocycles. The van der Waals surface area contributed by atoms with Crippen molar-refractivity contribution >= 4 is 11.9 Å². The Balaban J connectivity index is 1.77. The van der Waals surface area contributed by atoms with E-state index in [9.17, 15) is 9.59 Å². The summed E-state index contributed by atoms with van der Waals surface area (Å²) in [5.41, 5.74) is 0.714. The third-order valence-corrected chi connectivity index (χ3v) is 5.58. The molecule has 1 aromatic rings. The molecule has 3 aliphatic rings. The van der Waals surface area contributed by atoms with Gasteiger partial charge in [0.1, 0.15) is 11.5 Å². The van der Waals surface area contributed by atoms with Gasteiger partial charge in [0.25, 0.3) is 0 Å². The van der Waals surface area contributed by atoms with E-state index >= 15 is 0 Å². The molecule has 2 heterocycles. The summed E-state index contributed by atoms with van der Waals surface area (Å²) in [6.07, 6.45) is 4.69. The van der Waals surface area contributed by atoms with Crippen LogP contribution in [0.15, 0.2) is 24.3 Å². The molecule has 1 saturated carbocycles. The summed E-state index contributed by atoms with van der Waals surface area (Å²) in [5.74, 6) is -0.580. The molecule has 5 nitrogen and oxygen atoms in total. The number of benzene rings is 1. The zero-order valence-corrected chi connectivity index (χ0v) is 13.8. The fourth-order valence-corrected chi connectivity index (χ4v) is 4.38. The minimum absolute atomic E-state index is 0.0835. The van der Waals surface area contributed by atoms with Crippen LogP contribution in [0.2, 0.25) is 0 Å². The van der Waals surface area contributed by atoms with Crippen molar-refractivity contribution in [1.29, 1.82) is 0 Å². The van der Waals surface area contributed by atoms with Gasteiger partial charge in [-0.2, -0.15) is 0 Å². The van der Waals surface area contributed by atoms with E-state index in [1.807, 2.05) is 23.1 Å². The van der Waals surface area contributed by atoms with E-state index in [0.717, 1.165) is 37.7 Å². The fraction of sp³-hybridized carbons (Fsp3) is 0.579. The maximum absolute atomic E-state index is 13.4. The average molecular weight is 329 g/mol. The molecule has 128 valence electrons. The molecule has 0 aromatic heterocycles. The predicted octanol–water partition coefficient (Wildman–Crippen LogP) is 2.50. The molecule has 5 heteroatoms. The zero-order chi connectivity index (χ0) is 16.6. The standard InChI is InChI=1S/C19H23NO4/c21-17(20-10-12-23-13-11-20)16-14-6-2-3-7-15(14)18(22)24-19(16)8-4-1-5-9-19/h2-3,6-7,16H,1,4-5,8-13H2/t16-/m1/s1. The summed E-state index contributed by atoms with van der Waals surface area (Å²) < 4.78 is 11.3. The Morgan fingerprint density at radius 3 is 2.54 bits per heavy atom. The number of hydrogen-bond donors (Lipinski definition) is 0. The van der Waals surface area contributed by atoms with Crippen LogP contribution in [0.5, 0.6) is 0 Å². The molecule has 1 aromatic carbocycles. The van der Waals surface area contributed by atoms with Crippen LogP contribution in [0.3, 0.4) is 0 Å². The first-order valence-corrected chi connectivity index (χ1v) is 8.90. The van der Waals surface area contributed by atoms with E-state index in [2.05, 4.69) is 0 Å². The van der Waals surface area contributed by atoms with Crippen LogP contribution in [0.4, 0.5) is 0 Å². The van der Waals surface area contributed by atoms with Crippen molar-refractivity contribution in [2.45, 2.75) is 43.6 Å². The number of esters is 1. The van der Waals surface area contributed by atoms with Crippen LogP contribution < -0.4 is 0 Å². The molecule has 0 radical (unpaired) electrons. The molecular weight excluding hydrogens is 306 g/mol. The topological polar surface area (TPSA) is 55.8 Å². The van der Waals surface area contributed by atoms with Gasteiger partial charge in [-0.3, -0.25) is 4.79 Å². The van der Waals surface area contributed by atoms with Gasteiger partial charge in [-0.1, -0.05) is 24.6 Å². The van der Waals surface area contributed by atoms with Gasteiger partial charge in [-0.25, -0.2) is 4.79 Å². The lowest BCUT2D eigenvalue weighted by molar-refractivity contribution is -0.147. The first-order valence-electron chi connectivity index (χ1n) is 8.90. The van der Waals surface area contributed by atoms with Crippen LogP contribution in [0.1, 0.15) is 53.9 Å². The molecule has 2 aliphatic heterocycles. The van der Waals surface area contributed by atoms with Gasteiger partial charge in [0.2, 0.25) is 5.91 Å². The van der Waals surface area contributed by atoms with E-state index in [1.54, 1.807) is 6.07 Å². The molecule has 1 amide bonds. The number of nitrogens with zero attached hydrogens (tertiary/aromatic N) is 1. The summed E-state index contributed by atoms with van der Waals surface area (Å²) in [5, 5.41) is 0. The van der Waals surface area contributed by atoms with Crippen LogP contribution >= 0.6 is 0 Å². The van der Waals surface area contributed by atoms with E-state index in [4.69, 9.17) is 9.47 Å². The number of hydrogen-bond acceptors (Lipinski definition) is 4. The Hall–Kier alpha value is -1.88. The highest BCUT2D eigenvalue weighted by molar-refractivity contribution is 5.98. The van der Waals surface area contributed by atoms with E-state index in [1.165, 1.54) is 0 Å². The minimum Gasteiger partial charge on any atom is -0.454 e. The minimum atomic E-state index is -0.668. The molecule has 0 N–H and O–H groups in total. The second kappa shape index (κ2) is 6.20. The highest BCUT2D eigenvalue weighted by Gasteiger charge is 2.53. The zero-order valence-electron chi connectivity index (χ0n) is 13.8. The Morgan fingerprint density at radius 1 is 1.08 bits per heavy atom. The SMILES string of the molecule is O=C1OC2(CCCCC2)[C@@H](C(=O)N2CCOCC2)c2ccccc21. The second-order valence-corrected chi connectivity index (χ2v) is 6.97. The number of carbonyl (C=O) groups excluding carboxylic acids is 2. The molecule has 1 aliphatic carbocycles. The monoisotopic (exact) mass is 329 g/mol. The summed E-state index contributed by atoms with van der Waals surface area (Å²) in [4.78, 5) is 27.8. The molecular formula is C19H23NO4.